The zero-order valence-electron chi connectivity index (χ0n) is 14.1. The van der Waals surface area contributed by atoms with Gasteiger partial charge in [0.25, 0.3) is 5.91 Å². The number of esters is 1. The molecule has 1 aliphatic rings. The van der Waals surface area contributed by atoms with E-state index in [1.54, 1.807) is 0 Å². The van der Waals surface area contributed by atoms with E-state index in [1.165, 1.54) is 0 Å². The summed E-state index contributed by atoms with van der Waals surface area (Å²) >= 11 is 0. The van der Waals surface area contributed by atoms with Crippen molar-refractivity contribution in [3.8, 4) is 0 Å². The second kappa shape index (κ2) is 8.47. The van der Waals surface area contributed by atoms with Crippen LogP contribution in [0.2, 0.25) is 0 Å². The molecule has 0 aromatic heterocycles. The minimum absolute atomic E-state index is 0.135. The van der Waals surface area contributed by atoms with E-state index in [2.05, 4.69) is 10.6 Å². The van der Waals surface area contributed by atoms with Crippen LogP contribution < -0.4 is 10.6 Å². The normalized spacial score (nSPS) is 14.8. The highest BCUT2D eigenvalue weighted by Gasteiger charge is 2.27. The third-order valence-electron chi connectivity index (χ3n) is 3.73. The average molecular weight is 332 g/mol. The molecule has 0 aliphatic heterocycles. The molecule has 2 N–H and O–H groups in total. The number of carbonyl (C=O) groups is 3. The Morgan fingerprint density at radius 1 is 1.12 bits per heavy atom. The standard InChI is InChI=1S/C18H24N2O4/c1-12(2)17(18(23)24-11-16(22)19-14-8-9-14)20-15(21)10-13-6-4-3-5-7-13/h3-7,12,14,17H,8-11H2,1-2H3,(H,19,22)(H,20,21)/t17-/m0/s1. The molecule has 24 heavy (non-hydrogen) atoms. The van der Waals surface area contributed by atoms with Crippen molar-refractivity contribution in [2.45, 2.75) is 45.2 Å². The number of benzene rings is 1. The summed E-state index contributed by atoms with van der Waals surface area (Å²) in [5, 5.41) is 5.44. The van der Waals surface area contributed by atoms with Gasteiger partial charge in [-0.25, -0.2) is 4.79 Å². The van der Waals surface area contributed by atoms with Crippen LogP contribution in [0.15, 0.2) is 30.3 Å². The molecular weight excluding hydrogens is 308 g/mol. The van der Waals surface area contributed by atoms with Crippen LogP contribution in [0.25, 0.3) is 0 Å². The summed E-state index contributed by atoms with van der Waals surface area (Å²) in [5.74, 6) is -1.27. The molecule has 1 aromatic carbocycles. The second-order valence-electron chi connectivity index (χ2n) is 6.40. The predicted octanol–water partition coefficient (Wildman–Crippen LogP) is 1.19. The molecule has 1 fully saturated rings. The van der Waals surface area contributed by atoms with E-state index in [4.69, 9.17) is 4.74 Å². The molecule has 2 rings (SSSR count). The minimum Gasteiger partial charge on any atom is -0.454 e. The fourth-order valence-corrected chi connectivity index (χ4v) is 2.23. The van der Waals surface area contributed by atoms with Crippen molar-refractivity contribution < 1.29 is 19.1 Å². The first-order valence-electron chi connectivity index (χ1n) is 8.25. The zero-order valence-corrected chi connectivity index (χ0v) is 14.1. The van der Waals surface area contributed by atoms with Gasteiger partial charge in [0.1, 0.15) is 6.04 Å². The maximum absolute atomic E-state index is 12.2. The Hall–Kier alpha value is -2.37. The molecule has 130 valence electrons. The maximum atomic E-state index is 12.2. The smallest absolute Gasteiger partial charge is 0.329 e. The van der Waals surface area contributed by atoms with Crippen LogP contribution in [0.4, 0.5) is 0 Å². The van der Waals surface area contributed by atoms with Gasteiger partial charge in [0.15, 0.2) is 6.61 Å². The highest BCUT2D eigenvalue weighted by Crippen LogP contribution is 2.18. The third-order valence-corrected chi connectivity index (χ3v) is 3.73. The van der Waals surface area contributed by atoms with E-state index < -0.39 is 12.0 Å². The Kier molecular flexibility index (Phi) is 6.35. The molecule has 1 atom stereocenters. The monoisotopic (exact) mass is 332 g/mol. The van der Waals surface area contributed by atoms with E-state index in [0.29, 0.717) is 0 Å². The summed E-state index contributed by atoms with van der Waals surface area (Å²) in [6.45, 7) is 3.32. The van der Waals surface area contributed by atoms with Crippen LogP contribution in [0, 0.1) is 5.92 Å². The van der Waals surface area contributed by atoms with E-state index in [1.807, 2.05) is 44.2 Å². The van der Waals surface area contributed by atoms with Gasteiger partial charge in [-0.15, -0.1) is 0 Å². The van der Waals surface area contributed by atoms with Crippen LogP contribution in [-0.2, 0) is 25.5 Å². The minimum atomic E-state index is -0.769. The first-order valence-corrected chi connectivity index (χ1v) is 8.25. The molecule has 0 saturated heterocycles. The number of nitrogens with one attached hydrogen (secondary N) is 2. The fourth-order valence-electron chi connectivity index (χ4n) is 2.23. The first-order chi connectivity index (χ1) is 11.5. The van der Waals surface area contributed by atoms with Crippen molar-refractivity contribution in [2.75, 3.05) is 6.61 Å². The topological polar surface area (TPSA) is 84.5 Å². The van der Waals surface area contributed by atoms with Gasteiger partial charge in [0.05, 0.1) is 6.42 Å². The highest BCUT2D eigenvalue weighted by molar-refractivity contribution is 5.87. The van der Waals surface area contributed by atoms with Crippen LogP contribution in [0.3, 0.4) is 0 Å². The number of ether oxygens (including phenoxy) is 1. The molecule has 6 nitrogen and oxygen atoms in total. The maximum Gasteiger partial charge on any atom is 0.329 e. The van der Waals surface area contributed by atoms with Gasteiger partial charge in [0.2, 0.25) is 5.91 Å². The van der Waals surface area contributed by atoms with Crippen molar-refractivity contribution in [1.29, 1.82) is 0 Å². The molecule has 0 radical (unpaired) electrons. The quantitative estimate of drug-likeness (QED) is 0.701. The summed E-state index contributed by atoms with van der Waals surface area (Å²) < 4.78 is 5.04. The van der Waals surface area contributed by atoms with Crippen molar-refractivity contribution in [3.63, 3.8) is 0 Å². The number of hydrogen-bond donors (Lipinski definition) is 2. The summed E-state index contributed by atoms with van der Waals surface area (Å²) in [4.78, 5) is 35.9. The third kappa shape index (κ3) is 6.02. The largest absolute Gasteiger partial charge is 0.454 e. The zero-order chi connectivity index (χ0) is 17.5. The number of carbonyl (C=O) groups excluding carboxylic acids is 3. The number of hydrogen-bond acceptors (Lipinski definition) is 4. The van der Waals surface area contributed by atoms with Crippen LogP contribution >= 0.6 is 0 Å². The van der Waals surface area contributed by atoms with E-state index in [9.17, 15) is 14.4 Å². The predicted molar refractivity (Wildman–Crippen MR) is 89.0 cm³/mol. The SMILES string of the molecule is CC(C)[C@H](NC(=O)Cc1ccccc1)C(=O)OCC(=O)NC1CC1. The lowest BCUT2D eigenvalue weighted by Gasteiger charge is -2.20. The van der Waals surface area contributed by atoms with Crippen LogP contribution in [0.5, 0.6) is 0 Å². The van der Waals surface area contributed by atoms with Gasteiger partial charge in [-0.1, -0.05) is 44.2 Å². The highest BCUT2D eigenvalue weighted by atomic mass is 16.5. The lowest BCUT2D eigenvalue weighted by molar-refractivity contribution is -0.152. The molecule has 6 heteroatoms. The summed E-state index contributed by atoms with van der Waals surface area (Å²) in [6.07, 6.45) is 2.15. The summed E-state index contributed by atoms with van der Waals surface area (Å²) in [5.41, 5.74) is 0.870. The second-order valence-corrected chi connectivity index (χ2v) is 6.40. The Balaban J connectivity index is 1.82. The molecular formula is C18H24N2O4. The summed E-state index contributed by atoms with van der Waals surface area (Å²) in [6, 6.07) is 8.75. The van der Waals surface area contributed by atoms with Crippen molar-refractivity contribution in [3.05, 3.63) is 35.9 Å². The average Bonchev–Trinajstić information content (AvgIpc) is 3.35. The first kappa shape index (κ1) is 18.0. The van der Waals surface area contributed by atoms with E-state index in [0.717, 1.165) is 18.4 Å². The van der Waals surface area contributed by atoms with Gasteiger partial charge in [-0.3, -0.25) is 9.59 Å². The van der Waals surface area contributed by atoms with Crippen molar-refractivity contribution in [2.24, 2.45) is 5.92 Å². The Morgan fingerprint density at radius 3 is 2.38 bits per heavy atom. The summed E-state index contributed by atoms with van der Waals surface area (Å²) in [7, 11) is 0. The molecule has 0 spiro atoms. The molecule has 0 unspecified atom stereocenters. The Morgan fingerprint density at radius 2 is 1.79 bits per heavy atom. The molecule has 0 bridgehead atoms. The van der Waals surface area contributed by atoms with Gasteiger partial charge in [-0.05, 0) is 24.3 Å². The molecule has 1 saturated carbocycles. The molecule has 1 aromatic rings. The molecule has 2 amide bonds. The van der Waals surface area contributed by atoms with Gasteiger partial charge < -0.3 is 15.4 Å². The number of rotatable bonds is 8. The van der Waals surface area contributed by atoms with Gasteiger partial charge >= 0.3 is 5.97 Å². The van der Waals surface area contributed by atoms with E-state index in [-0.39, 0.29) is 36.8 Å². The van der Waals surface area contributed by atoms with E-state index >= 15 is 0 Å². The Bertz CT molecular complexity index is 582. The molecule has 1 aliphatic carbocycles. The lowest BCUT2D eigenvalue weighted by atomic mass is 10.0. The Labute approximate surface area is 142 Å². The van der Waals surface area contributed by atoms with Gasteiger partial charge in [-0.2, -0.15) is 0 Å². The number of amides is 2. The van der Waals surface area contributed by atoms with Crippen LogP contribution in [0.1, 0.15) is 32.3 Å². The van der Waals surface area contributed by atoms with Crippen molar-refractivity contribution >= 4 is 17.8 Å². The van der Waals surface area contributed by atoms with Crippen LogP contribution in [-0.4, -0.2) is 36.5 Å². The fraction of sp³-hybridized carbons (Fsp3) is 0.500. The molecule has 0 heterocycles. The lowest BCUT2D eigenvalue weighted by Crippen LogP contribution is -2.46. The van der Waals surface area contributed by atoms with Crippen molar-refractivity contribution in [1.82, 2.24) is 10.6 Å². The van der Waals surface area contributed by atoms with Gasteiger partial charge in [0, 0.05) is 6.04 Å².